The van der Waals surface area contributed by atoms with E-state index in [1.165, 1.54) is 0 Å². The number of amides is 1. The number of primary amides is 1. The van der Waals surface area contributed by atoms with Crippen LogP contribution in [0.15, 0.2) is 30.6 Å². The Balaban J connectivity index is 1.82. The van der Waals surface area contributed by atoms with Crippen molar-refractivity contribution in [1.29, 1.82) is 0 Å². The molecule has 1 fully saturated rings. The van der Waals surface area contributed by atoms with Gasteiger partial charge >= 0.3 is 0 Å². The predicted octanol–water partition coefficient (Wildman–Crippen LogP) is 1.78. The Labute approximate surface area is 180 Å². The summed E-state index contributed by atoms with van der Waals surface area (Å²) in [5, 5.41) is 6.60. The summed E-state index contributed by atoms with van der Waals surface area (Å²) in [5.41, 5.74) is 7.05. The Morgan fingerprint density at radius 3 is 2.52 bits per heavy atom. The lowest BCUT2D eigenvalue weighted by molar-refractivity contribution is 0.100. The lowest BCUT2D eigenvalue weighted by Crippen LogP contribution is -2.42. The quantitative estimate of drug-likeness (QED) is 0.524. The maximum atomic E-state index is 12.4. The first-order chi connectivity index (χ1) is 15.0. The molecular weight excluding hydrogens is 398 g/mol. The molecule has 0 atom stereocenters. The molecule has 1 saturated heterocycles. The molecule has 0 unspecified atom stereocenters. The van der Waals surface area contributed by atoms with Gasteiger partial charge in [-0.05, 0) is 25.9 Å². The molecule has 0 saturated carbocycles. The summed E-state index contributed by atoms with van der Waals surface area (Å²) in [4.78, 5) is 23.7. The molecule has 1 amide bonds. The van der Waals surface area contributed by atoms with Gasteiger partial charge < -0.3 is 30.7 Å². The third kappa shape index (κ3) is 4.06. The number of piperidine rings is 1. The van der Waals surface area contributed by atoms with Crippen molar-refractivity contribution in [2.75, 3.05) is 44.6 Å². The fourth-order valence-corrected chi connectivity index (χ4v) is 3.91. The van der Waals surface area contributed by atoms with Gasteiger partial charge in [-0.2, -0.15) is 4.98 Å². The maximum absolute atomic E-state index is 12.4. The summed E-state index contributed by atoms with van der Waals surface area (Å²) in [6.45, 7) is 1.91. The molecule has 3 aromatic rings. The van der Waals surface area contributed by atoms with Crippen molar-refractivity contribution < 1.29 is 14.3 Å². The number of ether oxygens (including phenoxy) is 2. The van der Waals surface area contributed by atoms with Crippen molar-refractivity contribution in [3.8, 4) is 11.5 Å². The molecule has 3 heterocycles. The van der Waals surface area contributed by atoms with E-state index in [9.17, 15) is 4.79 Å². The number of rotatable bonds is 7. The third-order valence-corrected chi connectivity index (χ3v) is 5.56. The van der Waals surface area contributed by atoms with Crippen LogP contribution in [-0.4, -0.2) is 60.7 Å². The number of aromatic nitrogens is 3. The van der Waals surface area contributed by atoms with Gasteiger partial charge in [0.05, 0.1) is 14.2 Å². The minimum atomic E-state index is -0.614. The number of methoxy groups -OCH3 is 2. The molecule has 1 aromatic carbocycles. The van der Waals surface area contributed by atoms with E-state index in [0.717, 1.165) is 25.9 Å². The van der Waals surface area contributed by atoms with Gasteiger partial charge in [0, 0.05) is 49.4 Å². The Kier molecular flexibility index (Phi) is 5.81. The highest BCUT2D eigenvalue weighted by atomic mass is 16.5. The van der Waals surface area contributed by atoms with E-state index in [1.54, 1.807) is 49.2 Å². The predicted molar refractivity (Wildman–Crippen MR) is 119 cm³/mol. The molecule has 1 aliphatic heterocycles. The normalized spacial score (nSPS) is 14.4. The number of imidazole rings is 1. The van der Waals surface area contributed by atoms with Crippen molar-refractivity contribution >= 4 is 29.0 Å². The van der Waals surface area contributed by atoms with Gasteiger partial charge in [-0.25, -0.2) is 4.98 Å². The number of hydrogen-bond donors (Lipinski definition) is 3. The standard InChI is InChI=1S/C21H27N7O3/c1-27(14-4-6-23-7-5-14)21-26-19(17(18(22)29)20-24-8-9-28(20)21)25-13-10-15(30-2)12-16(11-13)31-3/h8-12,14,23,25H,4-7H2,1-3H3,(H2,22,29). The monoisotopic (exact) mass is 425 g/mol. The van der Waals surface area contributed by atoms with Crippen molar-refractivity contribution in [1.82, 2.24) is 19.7 Å². The second kappa shape index (κ2) is 8.68. The first kappa shape index (κ1) is 20.7. The van der Waals surface area contributed by atoms with Crippen LogP contribution < -0.4 is 30.7 Å². The third-order valence-electron chi connectivity index (χ3n) is 5.56. The van der Waals surface area contributed by atoms with E-state index in [0.29, 0.717) is 40.6 Å². The largest absolute Gasteiger partial charge is 0.497 e. The Hall–Kier alpha value is -3.53. The van der Waals surface area contributed by atoms with Gasteiger partial charge in [-0.1, -0.05) is 0 Å². The molecule has 0 bridgehead atoms. The molecule has 31 heavy (non-hydrogen) atoms. The van der Waals surface area contributed by atoms with Crippen molar-refractivity contribution in [2.45, 2.75) is 18.9 Å². The topological polar surface area (TPSA) is 119 Å². The Bertz CT molecular complexity index is 1070. The Morgan fingerprint density at radius 2 is 1.90 bits per heavy atom. The van der Waals surface area contributed by atoms with Gasteiger partial charge in [0.2, 0.25) is 5.95 Å². The summed E-state index contributed by atoms with van der Waals surface area (Å²) in [7, 11) is 5.17. The van der Waals surface area contributed by atoms with Crippen LogP contribution in [0.3, 0.4) is 0 Å². The fraction of sp³-hybridized carbons (Fsp3) is 0.381. The number of hydrogen-bond acceptors (Lipinski definition) is 8. The first-order valence-electron chi connectivity index (χ1n) is 10.1. The summed E-state index contributed by atoms with van der Waals surface area (Å²) in [6.07, 6.45) is 5.44. The molecule has 10 nitrogen and oxygen atoms in total. The molecule has 164 valence electrons. The smallest absolute Gasteiger partial charge is 0.256 e. The molecule has 4 rings (SSSR count). The molecule has 4 N–H and O–H groups in total. The Morgan fingerprint density at radius 1 is 1.23 bits per heavy atom. The molecule has 1 aliphatic rings. The summed E-state index contributed by atoms with van der Waals surface area (Å²) < 4.78 is 12.5. The molecule has 0 radical (unpaired) electrons. The second-order valence-corrected chi connectivity index (χ2v) is 7.44. The average Bonchev–Trinajstić information content (AvgIpc) is 3.27. The van der Waals surface area contributed by atoms with E-state index in [1.807, 2.05) is 7.05 Å². The lowest BCUT2D eigenvalue weighted by atomic mass is 10.1. The van der Waals surface area contributed by atoms with Gasteiger partial charge in [-0.15, -0.1) is 0 Å². The first-order valence-corrected chi connectivity index (χ1v) is 10.1. The number of nitrogens with zero attached hydrogens (tertiary/aromatic N) is 4. The zero-order chi connectivity index (χ0) is 22.0. The van der Waals surface area contributed by atoms with Crippen LogP contribution in [0.25, 0.3) is 5.65 Å². The van der Waals surface area contributed by atoms with Crippen LogP contribution in [0, 0.1) is 0 Å². The van der Waals surface area contributed by atoms with Gasteiger partial charge in [0.25, 0.3) is 5.91 Å². The highest BCUT2D eigenvalue weighted by molar-refractivity contribution is 6.04. The van der Waals surface area contributed by atoms with Crippen LogP contribution in [0.2, 0.25) is 0 Å². The summed E-state index contributed by atoms with van der Waals surface area (Å²) >= 11 is 0. The number of carbonyl (C=O) groups excluding carboxylic acids is 1. The highest BCUT2D eigenvalue weighted by Crippen LogP contribution is 2.31. The highest BCUT2D eigenvalue weighted by Gasteiger charge is 2.25. The van der Waals surface area contributed by atoms with Crippen molar-refractivity contribution in [3.63, 3.8) is 0 Å². The van der Waals surface area contributed by atoms with Crippen LogP contribution >= 0.6 is 0 Å². The van der Waals surface area contributed by atoms with E-state index in [4.69, 9.17) is 20.2 Å². The minimum absolute atomic E-state index is 0.217. The summed E-state index contributed by atoms with van der Waals surface area (Å²) in [6, 6.07) is 5.67. The number of anilines is 3. The van der Waals surface area contributed by atoms with Crippen molar-refractivity contribution in [2.24, 2.45) is 5.73 Å². The average molecular weight is 425 g/mol. The van der Waals surface area contributed by atoms with E-state index < -0.39 is 5.91 Å². The van der Waals surface area contributed by atoms with Gasteiger partial charge in [-0.3, -0.25) is 9.20 Å². The van der Waals surface area contributed by atoms with Crippen LogP contribution in [-0.2, 0) is 0 Å². The van der Waals surface area contributed by atoms with Crippen LogP contribution in [0.5, 0.6) is 11.5 Å². The molecule has 10 heteroatoms. The number of fused-ring (bicyclic) bond motifs is 1. The van der Waals surface area contributed by atoms with E-state index >= 15 is 0 Å². The maximum Gasteiger partial charge on any atom is 0.256 e. The zero-order valence-electron chi connectivity index (χ0n) is 17.9. The minimum Gasteiger partial charge on any atom is -0.497 e. The SMILES string of the molecule is COc1cc(Nc2nc(N(C)C3CCNCC3)n3ccnc3c2C(N)=O)cc(OC)c1. The number of benzene rings is 1. The van der Waals surface area contributed by atoms with Gasteiger partial charge in [0.15, 0.2) is 11.5 Å². The van der Waals surface area contributed by atoms with Crippen molar-refractivity contribution in [3.05, 3.63) is 36.2 Å². The number of nitrogens with two attached hydrogens (primary N) is 1. The van der Waals surface area contributed by atoms with Crippen LogP contribution in [0.1, 0.15) is 23.2 Å². The van der Waals surface area contributed by atoms with Gasteiger partial charge in [0.1, 0.15) is 17.1 Å². The second-order valence-electron chi connectivity index (χ2n) is 7.44. The summed E-state index contributed by atoms with van der Waals surface area (Å²) in [5.74, 6) is 1.61. The molecule has 0 aliphatic carbocycles. The van der Waals surface area contributed by atoms with Crippen LogP contribution in [0.4, 0.5) is 17.5 Å². The zero-order valence-corrected chi connectivity index (χ0v) is 17.9. The van der Waals surface area contributed by atoms with E-state index in [-0.39, 0.29) is 5.56 Å². The van der Waals surface area contributed by atoms with E-state index in [2.05, 4.69) is 20.5 Å². The number of nitrogens with one attached hydrogen (secondary N) is 2. The molecular formula is C21H27N7O3. The number of carbonyl (C=O) groups is 1. The fourth-order valence-electron chi connectivity index (χ4n) is 3.91. The lowest BCUT2D eigenvalue weighted by Gasteiger charge is -2.33. The molecule has 2 aromatic heterocycles. The molecule has 0 spiro atoms.